The van der Waals surface area contributed by atoms with E-state index in [0.717, 1.165) is 40.7 Å². The van der Waals surface area contributed by atoms with E-state index in [-0.39, 0.29) is 0 Å². The number of benzene rings is 4. The summed E-state index contributed by atoms with van der Waals surface area (Å²) in [7, 11) is 0. The average Bonchev–Trinajstić information content (AvgIpc) is 3.63. The Labute approximate surface area is 246 Å². The van der Waals surface area contributed by atoms with Gasteiger partial charge in [-0.2, -0.15) is 0 Å². The molecule has 0 bridgehead atoms. The van der Waals surface area contributed by atoms with Crippen molar-refractivity contribution >= 4 is 33.2 Å². The first-order valence-corrected chi connectivity index (χ1v) is 14.4. The lowest BCUT2D eigenvalue weighted by atomic mass is 9.92. The van der Waals surface area contributed by atoms with Gasteiger partial charge in [0.05, 0.1) is 17.7 Å². The van der Waals surface area contributed by atoms with Crippen molar-refractivity contribution in [3.8, 4) is 17.3 Å². The minimum Gasteiger partial charge on any atom is -0.457 e. The molecule has 1 aliphatic heterocycles. The normalized spacial score (nSPS) is 13.1. The second-order valence-corrected chi connectivity index (χ2v) is 11.2. The highest BCUT2D eigenvalue weighted by molar-refractivity contribution is 6.09. The summed E-state index contributed by atoms with van der Waals surface area (Å²) >= 11 is 0. The number of hydrogen-bond donors (Lipinski definition) is 0. The third kappa shape index (κ3) is 4.20. The van der Waals surface area contributed by atoms with E-state index in [1.54, 1.807) is 0 Å². The van der Waals surface area contributed by atoms with Gasteiger partial charge >= 0.3 is 0 Å². The molecule has 2 aromatic heterocycles. The summed E-state index contributed by atoms with van der Waals surface area (Å²) in [6.07, 6.45) is 6.17. The number of pyridine rings is 1. The maximum atomic E-state index is 6.47. The third-order valence-corrected chi connectivity index (χ3v) is 8.89. The summed E-state index contributed by atoms with van der Waals surface area (Å²) in [5.74, 6) is 2.47. The number of hydrogen-bond acceptors (Lipinski definition) is 4. The Morgan fingerprint density at radius 3 is 2.07 bits per heavy atom. The van der Waals surface area contributed by atoms with Crippen molar-refractivity contribution in [2.45, 2.75) is 34.6 Å². The minimum atomic E-state index is 0.753. The quantitative estimate of drug-likeness (QED) is 0.214. The van der Waals surface area contributed by atoms with Crippen LogP contribution in [0.25, 0.3) is 27.6 Å². The van der Waals surface area contributed by atoms with E-state index in [0.29, 0.717) is 0 Å². The maximum Gasteiger partial charge on any atom is 0.137 e. The van der Waals surface area contributed by atoms with E-state index in [1.807, 2.05) is 30.5 Å². The van der Waals surface area contributed by atoms with E-state index < -0.39 is 0 Å². The van der Waals surface area contributed by atoms with Crippen LogP contribution >= 0.6 is 0 Å². The van der Waals surface area contributed by atoms with Gasteiger partial charge in [-0.25, -0.2) is 4.98 Å². The van der Waals surface area contributed by atoms with Gasteiger partial charge in [0.25, 0.3) is 0 Å². The highest BCUT2D eigenvalue weighted by Crippen LogP contribution is 2.37. The fourth-order valence-electron chi connectivity index (χ4n) is 6.25. The molecule has 0 atom stereocenters. The Bertz CT molecular complexity index is 1980. The summed E-state index contributed by atoms with van der Waals surface area (Å²) in [6.45, 7) is 11.9. The number of ether oxygens (including phenoxy) is 1. The molecule has 4 aromatic carbocycles. The van der Waals surface area contributed by atoms with Crippen LogP contribution in [0.1, 0.15) is 27.8 Å². The largest absolute Gasteiger partial charge is 0.457 e. The van der Waals surface area contributed by atoms with Crippen molar-refractivity contribution < 1.29 is 4.74 Å². The van der Waals surface area contributed by atoms with Gasteiger partial charge in [-0.1, -0.05) is 30.3 Å². The topological polar surface area (TPSA) is 33.5 Å². The van der Waals surface area contributed by atoms with Crippen LogP contribution in [-0.4, -0.2) is 16.2 Å². The minimum absolute atomic E-state index is 0.753. The Kier molecular flexibility index (Phi) is 6.23. The summed E-state index contributed by atoms with van der Waals surface area (Å²) in [5.41, 5.74) is 11.4. The van der Waals surface area contributed by atoms with Gasteiger partial charge in [-0.3, -0.25) is 4.57 Å². The molecule has 1 aliphatic rings. The highest BCUT2D eigenvalue weighted by Gasteiger charge is 2.22. The van der Waals surface area contributed by atoms with Crippen molar-refractivity contribution in [3.63, 3.8) is 0 Å². The molecule has 0 saturated heterocycles. The van der Waals surface area contributed by atoms with E-state index in [9.17, 15) is 0 Å². The lowest BCUT2D eigenvalue weighted by Crippen LogP contribution is -2.26. The summed E-state index contributed by atoms with van der Waals surface area (Å²) in [4.78, 5) is 9.26. The van der Waals surface area contributed by atoms with Crippen molar-refractivity contribution in [3.05, 3.63) is 131 Å². The summed E-state index contributed by atoms with van der Waals surface area (Å²) < 4.78 is 8.67. The molecule has 42 heavy (non-hydrogen) atoms. The monoisotopic (exact) mass is 550 g/mol. The van der Waals surface area contributed by atoms with Crippen LogP contribution < -0.4 is 14.5 Å². The van der Waals surface area contributed by atoms with E-state index in [1.165, 1.54) is 44.3 Å². The Morgan fingerprint density at radius 1 is 0.595 bits per heavy atom. The van der Waals surface area contributed by atoms with Crippen LogP contribution in [-0.2, 0) is 0 Å². The molecule has 6 aromatic rings. The fraction of sp³-hybridized carbons (Fsp3) is 0.162. The molecule has 208 valence electrons. The van der Waals surface area contributed by atoms with E-state index in [4.69, 9.17) is 4.74 Å². The zero-order valence-corrected chi connectivity index (χ0v) is 24.7. The van der Waals surface area contributed by atoms with Gasteiger partial charge in [0.15, 0.2) is 0 Å². The number of anilines is 2. The van der Waals surface area contributed by atoms with Crippen LogP contribution in [0.15, 0.2) is 104 Å². The number of fused-ring (bicyclic) bond motifs is 3. The molecule has 0 radical (unpaired) electrons. The number of aromatic nitrogens is 2. The Morgan fingerprint density at radius 2 is 1.29 bits per heavy atom. The molecule has 5 nitrogen and oxygen atoms in total. The van der Waals surface area contributed by atoms with Crippen LogP contribution in [0.2, 0.25) is 0 Å². The lowest BCUT2D eigenvalue weighted by Gasteiger charge is -2.27. The zero-order chi connectivity index (χ0) is 29.0. The molecule has 0 aliphatic carbocycles. The Balaban J connectivity index is 1.19. The van der Waals surface area contributed by atoms with E-state index >= 15 is 0 Å². The van der Waals surface area contributed by atoms with Gasteiger partial charge in [0, 0.05) is 52.9 Å². The molecule has 7 rings (SSSR count). The molecule has 0 saturated carbocycles. The lowest BCUT2D eigenvalue weighted by molar-refractivity contribution is 0.483. The molecule has 0 N–H and O–H groups in total. The second kappa shape index (κ2) is 10.1. The average molecular weight is 551 g/mol. The first-order valence-electron chi connectivity index (χ1n) is 14.4. The van der Waals surface area contributed by atoms with Crippen LogP contribution in [0.4, 0.5) is 11.4 Å². The number of nitrogens with zero attached hydrogens (tertiary/aromatic N) is 4. The Hall–Kier alpha value is -5.03. The number of rotatable bonds is 5. The predicted octanol–water partition coefficient (Wildman–Crippen LogP) is 9.27. The third-order valence-electron chi connectivity index (χ3n) is 8.89. The first-order chi connectivity index (χ1) is 20.4. The van der Waals surface area contributed by atoms with Gasteiger partial charge in [-0.15, -0.1) is 0 Å². The number of para-hydroxylation sites is 1. The van der Waals surface area contributed by atoms with Gasteiger partial charge in [-0.05, 0) is 105 Å². The summed E-state index contributed by atoms with van der Waals surface area (Å²) in [5, 5.41) is 2.37. The standard InChI is InChI=1S/C37H34N4O/c1-24-25(2)27(4)37(28(5)26(24)3)40-20-19-39(23-40)29-11-10-12-30(21-29)42-31-16-17-33-32-13-6-7-14-34(32)41(35(33)22-31)36-15-8-9-18-38-36/h6-22H,23H2,1-5H3. The van der Waals surface area contributed by atoms with Crippen LogP contribution in [0, 0.1) is 34.6 Å². The van der Waals surface area contributed by atoms with Crippen molar-refractivity contribution in [1.29, 1.82) is 0 Å². The van der Waals surface area contributed by atoms with Crippen LogP contribution in [0.5, 0.6) is 11.5 Å². The molecule has 0 fully saturated rings. The first kappa shape index (κ1) is 25.9. The van der Waals surface area contributed by atoms with Gasteiger partial charge in [0.2, 0.25) is 0 Å². The molecular formula is C37H34N4O. The summed E-state index contributed by atoms with van der Waals surface area (Å²) in [6, 6.07) is 29.1. The SMILES string of the molecule is Cc1c(C)c(C)c(N2C=CN(c3cccc(Oc4ccc5c6ccccc6n(-c6ccccn6)c5c4)c3)C2)c(C)c1C. The second-order valence-electron chi connectivity index (χ2n) is 11.2. The van der Waals surface area contributed by atoms with Crippen molar-refractivity contribution in [2.75, 3.05) is 16.5 Å². The van der Waals surface area contributed by atoms with Gasteiger partial charge in [0.1, 0.15) is 17.3 Å². The molecule has 5 heteroatoms. The molecule has 0 amide bonds. The molecule has 0 spiro atoms. The van der Waals surface area contributed by atoms with Crippen LogP contribution in [0.3, 0.4) is 0 Å². The fourth-order valence-corrected chi connectivity index (χ4v) is 6.25. The van der Waals surface area contributed by atoms with E-state index in [2.05, 4.69) is 127 Å². The maximum absolute atomic E-state index is 6.47. The zero-order valence-electron chi connectivity index (χ0n) is 24.7. The van der Waals surface area contributed by atoms with Gasteiger partial charge < -0.3 is 14.5 Å². The molecular weight excluding hydrogens is 516 g/mol. The highest BCUT2D eigenvalue weighted by atomic mass is 16.5. The molecule has 3 heterocycles. The van der Waals surface area contributed by atoms with Crippen molar-refractivity contribution in [1.82, 2.24) is 9.55 Å². The predicted molar refractivity (Wildman–Crippen MR) is 174 cm³/mol. The smallest absolute Gasteiger partial charge is 0.137 e. The van der Waals surface area contributed by atoms with Crippen molar-refractivity contribution in [2.24, 2.45) is 0 Å². The molecule has 0 unspecified atom stereocenters.